The van der Waals surface area contributed by atoms with Gasteiger partial charge in [0.2, 0.25) is 0 Å². The number of hydrogen-bond acceptors (Lipinski definition) is 5. The first kappa shape index (κ1) is 14.0. The Morgan fingerprint density at radius 1 is 1.00 bits per heavy atom. The van der Waals surface area contributed by atoms with Crippen LogP contribution in [-0.2, 0) is 4.79 Å². The van der Waals surface area contributed by atoms with Crippen LogP contribution in [0.4, 0.5) is 5.13 Å². The lowest BCUT2D eigenvalue weighted by atomic mass is 10.2. The van der Waals surface area contributed by atoms with Crippen molar-refractivity contribution in [2.45, 2.75) is 0 Å². The number of amides is 1. The molecule has 0 unspecified atom stereocenters. The summed E-state index contributed by atoms with van der Waals surface area (Å²) in [7, 11) is 0. The normalized spacial score (nSPS) is 16.2. The van der Waals surface area contributed by atoms with Crippen LogP contribution >= 0.6 is 22.7 Å². The fourth-order valence-corrected chi connectivity index (χ4v) is 3.60. The summed E-state index contributed by atoms with van der Waals surface area (Å²) in [6.07, 6.45) is 3.51. The van der Waals surface area contributed by atoms with Gasteiger partial charge < -0.3 is 0 Å². The summed E-state index contributed by atoms with van der Waals surface area (Å²) in [5, 5.41) is 4.46. The molecule has 3 heterocycles. The molecule has 0 aliphatic carbocycles. The number of anilines is 1. The van der Waals surface area contributed by atoms with Crippen molar-refractivity contribution in [3.8, 4) is 0 Å². The second kappa shape index (κ2) is 5.91. The third-order valence-electron chi connectivity index (χ3n) is 3.33. The Morgan fingerprint density at radius 3 is 2.57 bits per heavy atom. The van der Waals surface area contributed by atoms with Crippen molar-refractivity contribution in [3.05, 3.63) is 75.6 Å². The largest absolute Gasteiger partial charge is 0.284 e. The second-order valence-electron chi connectivity index (χ2n) is 4.80. The minimum Gasteiger partial charge on any atom is -0.266 e. The van der Waals surface area contributed by atoms with Gasteiger partial charge in [-0.15, -0.1) is 22.7 Å². The Hall–Kier alpha value is -2.57. The number of thiazole rings is 1. The summed E-state index contributed by atoms with van der Waals surface area (Å²) in [6, 6.07) is 13.6. The number of thiophene rings is 1. The van der Waals surface area contributed by atoms with Gasteiger partial charge in [-0.1, -0.05) is 36.4 Å². The van der Waals surface area contributed by atoms with E-state index in [0.29, 0.717) is 16.7 Å². The van der Waals surface area contributed by atoms with Crippen LogP contribution in [0.3, 0.4) is 0 Å². The number of aliphatic imine (C=N–C) groups is 1. The molecule has 0 saturated heterocycles. The van der Waals surface area contributed by atoms with Crippen LogP contribution in [0.1, 0.15) is 10.4 Å². The number of rotatable bonds is 3. The summed E-state index contributed by atoms with van der Waals surface area (Å²) in [6.45, 7) is 0. The zero-order chi connectivity index (χ0) is 15.6. The fourth-order valence-electron chi connectivity index (χ4n) is 2.31. The van der Waals surface area contributed by atoms with Gasteiger partial charge >= 0.3 is 0 Å². The van der Waals surface area contributed by atoms with E-state index >= 15 is 0 Å². The highest BCUT2D eigenvalue weighted by atomic mass is 32.1. The van der Waals surface area contributed by atoms with Gasteiger partial charge in [0.15, 0.2) is 5.13 Å². The first-order valence-electron chi connectivity index (χ1n) is 6.96. The van der Waals surface area contributed by atoms with Crippen LogP contribution < -0.4 is 4.90 Å². The molecule has 23 heavy (non-hydrogen) atoms. The predicted octanol–water partition coefficient (Wildman–Crippen LogP) is 4.04. The molecule has 0 radical (unpaired) electrons. The SMILES string of the molecule is O=C1/C(=C\c2cccs2)N=C(c2ccccc2)N1c1nccs1. The molecule has 1 aliphatic heterocycles. The maximum Gasteiger partial charge on any atom is 0.284 e. The maximum atomic E-state index is 12.8. The lowest BCUT2D eigenvalue weighted by Crippen LogP contribution is -2.32. The second-order valence-corrected chi connectivity index (χ2v) is 6.65. The van der Waals surface area contributed by atoms with E-state index in [0.717, 1.165) is 10.4 Å². The fraction of sp³-hybridized carbons (Fsp3) is 0. The molecule has 0 spiro atoms. The number of benzene rings is 1. The minimum atomic E-state index is -0.146. The zero-order valence-electron chi connectivity index (χ0n) is 11.9. The average molecular weight is 337 g/mol. The Kier molecular flexibility index (Phi) is 3.61. The molecule has 0 atom stereocenters. The highest BCUT2D eigenvalue weighted by Gasteiger charge is 2.33. The molecule has 6 heteroatoms. The van der Waals surface area contributed by atoms with E-state index in [1.54, 1.807) is 22.4 Å². The van der Waals surface area contributed by atoms with Crippen LogP contribution in [0.15, 0.2) is 70.1 Å². The quantitative estimate of drug-likeness (QED) is 0.677. The van der Waals surface area contributed by atoms with Gasteiger partial charge in [0.05, 0.1) is 0 Å². The molecule has 1 aliphatic rings. The van der Waals surface area contributed by atoms with E-state index in [9.17, 15) is 4.79 Å². The Morgan fingerprint density at radius 2 is 1.87 bits per heavy atom. The third kappa shape index (κ3) is 2.62. The number of aromatic nitrogens is 1. The van der Waals surface area contributed by atoms with Crippen molar-refractivity contribution in [3.63, 3.8) is 0 Å². The minimum absolute atomic E-state index is 0.146. The summed E-state index contributed by atoms with van der Waals surface area (Å²) >= 11 is 3.00. The summed E-state index contributed by atoms with van der Waals surface area (Å²) < 4.78 is 0. The molecule has 0 saturated carbocycles. The van der Waals surface area contributed by atoms with Crippen molar-refractivity contribution in [1.82, 2.24) is 4.98 Å². The average Bonchev–Trinajstić information content (AvgIpc) is 3.31. The van der Waals surface area contributed by atoms with Gasteiger partial charge in [-0.3, -0.25) is 4.79 Å². The van der Waals surface area contributed by atoms with E-state index in [4.69, 9.17) is 0 Å². The standard InChI is InChI=1S/C17H11N3OS2/c21-16-14(11-13-7-4-9-22-13)19-15(12-5-2-1-3-6-12)20(16)17-18-8-10-23-17/h1-11H/b14-11+. The Labute approximate surface area is 141 Å². The molecule has 112 valence electrons. The number of hydrogen-bond donors (Lipinski definition) is 0. The summed E-state index contributed by atoms with van der Waals surface area (Å²) in [4.78, 5) is 24.3. The van der Waals surface area contributed by atoms with Crippen molar-refractivity contribution in [1.29, 1.82) is 0 Å². The van der Waals surface area contributed by atoms with E-state index in [-0.39, 0.29) is 5.91 Å². The lowest BCUT2D eigenvalue weighted by molar-refractivity contribution is -0.113. The number of carbonyl (C=O) groups is 1. The van der Waals surface area contributed by atoms with Gasteiger partial charge in [0.25, 0.3) is 5.91 Å². The molecule has 4 rings (SSSR count). The number of carbonyl (C=O) groups excluding carboxylic acids is 1. The lowest BCUT2D eigenvalue weighted by Gasteiger charge is -2.14. The van der Waals surface area contributed by atoms with Crippen LogP contribution in [0, 0.1) is 0 Å². The summed E-state index contributed by atoms with van der Waals surface area (Å²) in [5.74, 6) is 0.473. The van der Waals surface area contributed by atoms with Gasteiger partial charge in [0, 0.05) is 22.0 Å². The molecule has 0 bridgehead atoms. The first-order valence-corrected chi connectivity index (χ1v) is 8.72. The van der Waals surface area contributed by atoms with Gasteiger partial charge in [-0.25, -0.2) is 14.9 Å². The van der Waals surface area contributed by atoms with Crippen molar-refractivity contribution in [2.75, 3.05) is 4.90 Å². The van der Waals surface area contributed by atoms with Crippen molar-refractivity contribution < 1.29 is 4.79 Å². The van der Waals surface area contributed by atoms with Crippen LogP contribution in [0.5, 0.6) is 0 Å². The highest BCUT2D eigenvalue weighted by molar-refractivity contribution is 7.14. The van der Waals surface area contributed by atoms with Crippen LogP contribution in [0.2, 0.25) is 0 Å². The highest BCUT2D eigenvalue weighted by Crippen LogP contribution is 2.29. The third-order valence-corrected chi connectivity index (χ3v) is 4.90. The maximum absolute atomic E-state index is 12.8. The van der Waals surface area contributed by atoms with E-state index < -0.39 is 0 Å². The summed E-state index contributed by atoms with van der Waals surface area (Å²) in [5.41, 5.74) is 1.33. The molecular weight excluding hydrogens is 326 g/mol. The van der Waals surface area contributed by atoms with Gasteiger partial charge in [-0.2, -0.15) is 0 Å². The Bertz CT molecular complexity index is 881. The van der Waals surface area contributed by atoms with Crippen LogP contribution in [0.25, 0.3) is 6.08 Å². The van der Waals surface area contributed by atoms with E-state index in [1.807, 2.05) is 59.3 Å². The van der Waals surface area contributed by atoms with Gasteiger partial charge in [-0.05, 0) is 17.5 Å². The molecular formula is C17H11N3OS2. The van der Waals surface area contributed by atoms with Gasteiger partial charge in [0.1, 0.15) is 11.5 Å². The Balaban J connectivity index is 1.83. The molecule has 3 aromatic rings. The zero-order valence-corrected chi connectivity index (χ0v) is 13.6. The number of nitrogens with zero attached hydrogens (tertiary/aromatic N) is 3. The molecule has 0 N–H and O–H groups in total. The van der Waals surface area contributed by atoms with E-state index in [2.05, 4.69) is 9.98 Å². The molecule has 1 aromatic carbocycles. The smallest absolute Gasteiger partial charge is 0.266 e. The first-order chi connectivity index (χ1) is 11.3. The molecule has 0 fully saturated rings. The molecule has 2 aromatic heterocycles. The van der Waals surface area contributed by atoms with Crippen LogP contribution in [-0.4, -0.2) is 16.7 Å². The van der Waals surface area contributed by atoms with E-state index in [1.165, 1.54) is 11.3 Å². The van der Waals surface area contributed by atoms with Crippen molar-refractivity contribution in [2.24, 2.45) is 4.99 Å². The monoisotopic (exact) mass is 337 g/mol. The number of amidine groups is 1. The topological polar surface area (TPSA) is 45.6 Å². The molecule has 4 nitrogen and oxygen atoms in total. The molecule has 1 amide bonds. The predicted molar refractivity (Wildman–Crippen MR) is 94.9 cm³/mol. The van der Waals surface area contributed by atoms with Crippen molar-refractivity contribution >= 4 is 45.6 Å².